The van der Waals surface area contributed by atoms with Crippen LogP contribution in [0, 0.1) is 0 Å². The Hall–Kier alpha value is -0.595. The summed E-state index contributed by atoms with van der Waals surface area (Å²) in [4.78, 5) is 4.54. The van der Waals surface area contributed by atoms with Gasteiger partial charge in [-0.2, -0.15) is 0 Å². The lowest BCUT2D eigenvalue weighted by atomic mass is 9.72. The van der Waals surface area contributed by atoms with Crippen LogP contribution in [0.3, 0.4) is 0 Å². The summed E-state index contributed by atoms with van der Waals surface area (Å²) in [6.07, 6.45) is 4.77. The van der Waals surface area contributed by atoms with Crippen molar-refractivity contribution in [1.82, 2.24) is 9.80 Å². The second kappa shape index (κ2) is 3.20. The van der Waals surface area contributed by atoms with Crippen LogP contribution in [0.1, 0.15) is 13.8 Å². The van der Waals surface area contributed by atoms with Gasteiger partial charge in [0.25, 0.3) is 0 Å². The van der Waals surface area contributed by atoms with Crippen molar-refractivity contribution in [3.63, 3.8) is 0 Å². The fraction of sp³-hybridized carbons (Fsp3) is 0.750. The van der Waals surface area contributed by atoms with Gasteiger partial charge in [-0.3, -0.25) is 0 Å². The number of hydrogen-bond donors (Lipinski definition) is 0. The Labute approximate surface area is 70.1 Å². The molecular weight excluding hydrogens is 135 g/mol. The highest BCUT2D eigenvalue weighted by molar-refractivity contribution is 6.35. The van der Waals surface area contributed by atoms with E-state index in [0.29, 0.717) is 12.1 Å². The molecule has 1 unspecified atom stereocenters. The van der Waals surface area contributed by atoms with E-state index in [9.17, 15) is 0 Å². The van der Waals surface area contributed by atoms with Gasteiger partial charge in [-0.15, -0.1) is 0 Å². The number of hydrogen-bond acceptors (Lipinski definition) is 2. The maximum Gasteiger partial charge on any atom is 0.136 e. The van der Waals surface area contributed by atoms with Crippen molar-refractivity contribution in [3.8, 4) is 0 Å². The summed E-state index contributed by atoms with van der Waals surface area (Å²) in [5, 5.41) is 0. The lowest BCUT2D eigenvalue weighted by Crippen LogP contribution is -2.41. The summed E-state index contributed by atoms with van der Waals surface area (Å²) in [6.45, 7) is 6.52. The quantitative estimate of drug-likeness (QED) is 0.546. The fourth-order valence-corrected chi connectivity index (χ4v) is 1.29. The molecule has 0 saturated carbocycles. The van der Waals surface area contributed by atoms with E-state index in [1.807, 2.05) is 0 Å². The fourth-order valence-electron chi connectivity index (χ4n) is 1.29. The molecule has 0 N–H and O–H groups in total. The average Bonchev–Trinajstić information content (AvgIpc) is 2.32. The third-order valence-electron chi connectivity index (χ3n) is 2.45. The largest absolute Gasteiger partial charge is 0.362 e. The Morgan fingerprint density at radius 2 is 2.09 bits per heavy atom. The van der Waals surface area contributed by atoms with Crippen LogP contribution in [0.15, 0.2) is 12.4 Å². The first kappa shape index (κ1) is 8.50. The Morgan fingerprint density at radius 1 is 1.45 bits per heavy atom. The zero-order valence-electron chi connectivity index (χ0n) is 7.78. The molecule has 3 heteroatoms. The Bertz CT molecular complexity index is 158. The van der Waals surface area contributed by atoms with Crippen LogP contribution in [0.4, 0.5) is 0 Å². The van der Waals surface area contributed by atoms with E-state index in [-0.39, 0.29) is 0 Å². The molecule has 0 bridgehead atoms. The number of nitrogens with zero attached hydrogens (tertiary/aromatic N) is 2. The van der Waals surface area contributed by atoms with Crippen LogP contribution in [0.5, 0.6) is 0 Å². The van der Waals surface area contributed by atoms with Gasteiger partial charge < -0.3 is 9.80 Å². The molecule has 0 amide bonds. The smallest absolute Gasteiger partial charge is 0.136 e. The summed E-state index contributed by atoms with van der Waals surface area (Å²) >= 11 is 0. The lowest BCUT2D eigenvalue weighted by molar-refractivity contribution is 0.186. The van der Waals surface area contributed by atoms with E-state index in [1.165, 1.54) is 0 Å². The maximum absolute atomic E-state index is 2.33. The minimum absolute atomic E-state index is 0.501. The van der Waals surface area contributed by atoms with Gasteiger partial charge in [-0.25, -0.2) is 0 Å². The van der Waals surface area contributed by atoms with E-state index < -0.39 is 0 Å². The first-order valence-corrected chi connectivity index (χ1v) is 4.14. The van der Waals surface area contributed by atoms with Crippen LogP contribution in [-0.2, 0) is 0 Å². The van der Waals surface area contributed by atoms with Crippen LogP contribution in [0.2, 0.25) is 6.82 Å². The van der Waals surface area contributed by atoms with Crippen molar-refractivity contribution >= 4 is 7.28 Å². The van der Waals surface area contributed by atoms with Gasteiger partial charge in [0.2, 0.25) is 0 Å². The predicted octanol–water partition coefficient (Wildman–Crippen LogP) is 1.15. The molecule has 0 fully saturated rings. The zero-order chi connectivity index (χ0) is 8.43. The molecule has 11 heavy (non-hydrogen) atoms. The molecular formula is C8H16BN2. The van der Waals surface area contributed by atoms with E-state index in [0.717, 1.165) is 0 Å². The molecule has 2 nitrogen and oxygen atoms in total. The van der Waals surface area contributed by atoms with E-state index in [1.54, 1.807) is 0 Å². The summed E-state index contributed by atoms with van der Waals surface area (Å²) in [5.74, 6) is 0.534. The van der Waals surface area contributed by atoms with Crippen molar-refractivity contribution < 1.29 is 0 Å². The monoisotopic (exact) mass is 151 g/mol. The first-order valence-electron chi connectivity index (χ1n) is 4.14. The number of rotatable bonds is 2. The zero-order valence-corrected chi connectivity index (χ0v) is 7.78. The third-order valence-corrected chi connectivity index (χ3v) is 2.45. The van der Waals surface area contributed by atoms with Crippen LogP contribution in [0.25, 0.3) is 0 Å². The van der Waals surface area contributed by atoms with Gasteiger partial charge in [0.1, 0.15) is 7.28 Å². The Kier molecular flexibility index (Phi) is 2.47. The van der Waals surface area contributed by atoms with Crippen LogP contribution < -0.4 is 0 Å². The lowest BCUT2D eigenvalue weighted by Gasteiger charge is -2.31. The van der Waals surface area contributed by atoms with Gasteiger partial charge in [0, 0.05) is 19.4 Å². The minimum Gasteiger partial charge on any atom is -0.362 e. The second-order valence-electron chi connectivity index (χ2n) is 3.12. The average molecular weight is 151 g/mol. The second-order valence-corrected chi connectivity index (χ2v) is 3.12. The van der Waals surface area contributed by atoms with Crippen LogP contribution >= 0.6 is 0 Å². The van der Waals surface area contributed by atoms with Crippen molar-refractivity contribution in [1.29, 1.82) is 0 Å². The summed E-state index contributed by atoms with van der Waals surface area (Å²) in [7, 11) is 4.31. The molecule has 0 spiro atoms. The third kappa shape index (κ3) is 1.52. The molecule has 0 aromatic heterocycles. The molecule has 1 aliphatic rings. The Morgan fingerprint density at radius 3 is 2.45 bits per heavy atom. The highest BCUT2D eigenvalue weighted by Gasteiger charge is 2.21. The molecule has 1 rings (SSSR count). The minimum atomic E-state index is 0.501. The molecule has 1 aliphatic heterocycles. The Balaban J connectivity index is 2.55. The van der Waals surface area contributed by atoms with Gasteiger partial charge in [-0.05, 0) is 12.9 Å². The van der Waals surface area contributed by atoms with Crippen LogP contribution in [-0.4, -0.2) is 36.2 Å². The first-order chi connectivity index (χ1) is 5.16. The van der Waals surface area contributed by atoms with Gasteiger partial charge in [0.15, 0.2) is 0 Å². The van der Waals surface area contributed by atoms with Gasteiger partial charge in [-0.1, -0.05) is 13.7 Å². The van der Waals surface area contributed by atoms with E-state index >= 15 is 0 Å². The van der Waals surface area contributed by atoms with Crippen molar-refractivity contribution in [2.75, 3.05) is 7.05 Å². The van der Waals surface area contributed by atoms with E-state index in [2.05, 4.69) is 57.2 Å². The molecule has 0 aromatic rings. The SMILES string of the molecule is C[B]C(C)N1C=CN(C)[C@@H]1C. The van der Waals surface area contributed by atoms with Gasteiger partial charge >= 0.3 is 0 Å². The molecule has 0 aliphatic carbocycles. The highest BCUT2D eigenvalue weighted by atomic mass is 15.4. The van der Waals surface area contributed by atoms with Crippen molar-refractivity contribution in [2.45, 2.75) is 32.8 Å². The van der Waals surface area contributed by atoms with Crippen molar-refractivity contribution in [3.05, 3.63) is 12.4 Å². The standard InChI is InChI=1S/C8H16BN2/c1-7(9-3)11-6-5-10(4)8(11)2/h5-8H,1-4H3/t7?,8-/m0/s1. The van der Waals surface area contributed by atoms with E-state index in [4.69, 9.17) is 0 Å². The molecule has 0 aromatic carbocycles. The van der Waals surface area contributed by atoms with Crippen molar-refractivity contribution in [2.24, 2.45) is 0 Å². The highest BCUT2D eigenvalue weighted by Crippen LogP contribution is 2.15. The van der Waals surface area contributed by atoms with Gasteiger partial charge in [0.05, 0.1) is 6.17 Å². The molecule has 1 heterocycles. The summed E-state index contributed by atoms with van der Waals surface area (Å²) in [5.41, 5.74) is 0. The predicted molar refractivity (Wildman–Crippen MR) is 49.3 cm³/mol. The summed E-state index contributed by atoms with van der Waals surface area (Å²) < 4.78 is 0. The molecule has 0 saturated heterocycles. The molecule has 61 valence electrons. The topological polar surface area (TPSA) is 6.48 Å². The molecule has 2 atom stereocenters. The summed E-state index contributed by atoms with van der Waals surface area (Å²) in [6, 6.07) is 0. The normalized spacial score (nSPS) is 26.0. The maximum atomic E-state index is 2.33. The molecule has 1 radical (unpaired) electrons.